The van der Waals surface area contributed by atoms with E-state index in [1.807, 2.05) is 6.08 Å². The van der Waals surface area contributed by atoms with Crippen LogP contribution in [0.3, 0.4) is 0 Å². The molecule has 1 fully saturated rings. The van der Waals surface area contributed by atoms with Crippen molar-refractivity contribution < 1.29 is 5.11 Å². The molecule has 60 valence electrons. The minimum absolute atomic E-state index is 0.302. The fourth-order valence-electron chi connectivity index (χ4n) is 2.50. The van der Waals surface area contributed by atoms with Gasteiger partial charge in [-0.15, -0.1) is 6.58 Å². The first kappa shape index (κ1) is 6.96. The maximum absolute atomic E-state index is 9.44. The molecule has 1 heteroatoms. The normalized spacial score (nSPS) is 40.7. The number of fused-ring (bicyclic) bond motifs is 2. The molecule has 2 atom stereocenters. The highest BCUT2D eigenvalue weighted by Crippen LogP contribution is 2.53. The molecule has 0 radical (unpaired) electrons. The summed E-state index contributed by atoms with van der Waals surface area (Å²) in [5, 5.41) is 9.44. The molecule has 2 aliphatic rings. The molecule has 0 saturated heterocycles. The molecular weight excluding hydrogens is 136 g/mol. The van der Waals surface area contributed by atoms with Crippen LogP contribution in [0.1, 0.15) is 25.7 Å². The number of rotatable bonds is 2. The van der Waals surface area contributed by atoms with Crippen LogP contribution in [0.15, 0.2) is 24.5 Å². The van der Waals surface area contributed by atoms with E-state index in [1.54, 1.807) is 0 Å². The van der Waals surface area contributed by atoms with Gasteiger partial charge in [0.15, 0.2) is 0 Å². The second-order valence-electron chi connectivity index (χ2n) is 3.86. The fraction of sp³-hybridized carbons (Fsp3) is 0.600. The maximum Gasteiger partial charge on any atom is 0.0919 e. The van der Waals surface area contributed by atoms with Crippen molar-refractivity contribution in [1.29, 1.82) is 0 Å². The summed E-state index contributed by atoms with van der Waals surface area (Å²) in [7, 11) is 0. The van der Waals surface area contributed by atoms with E-state index in [1.165, 1.54) is 12.8 Å². The summed E-state index contributed by atoms with van der Waals surface area (Å²) in [5.41, 5.74) is 0.302. The third-order valence-corrected chi connectivity index (χ3v) is 3.07. The third-order valence-electron chi connectivity index (χ3n) is 3.07. The van der Waals surface area contributed by atoms with Crippen molar-refractivity contribution in [2.24, 2.45) is 11.3 Å². The second kappa shape index (κ2) is 2.13. The lowest BCUT2D eigenvalue weighted by Gasteiger charge is -2.20. The molecule has 0 heterocycles. The zero-order valence-electron chi connectivity index (χ0n) is 6.71. The zero-order chi connectivity index (χ0) is 7.90. The van der Waals surface area contributed by atoms with Crippen LogP contribution in [0.5, 0.6) is 0 Å². The van der Waals surface area contributed by atoms with Crippen LogP contribution in [0, 0.1) is 11.3 Å². The molecule has 2 bridgehead atoms. The average Bonchev–Trinajstić information content (AvgIpc) is 2.44. The summed E-state index contributed by atoms with van der Waals surface area (Å²) >= 11 is 0. The number of aliphatic hydroxyl groups is 1. The van der Waals surface area contributed by atoms with Crippen LogP contribution < -0.4 is 0 Å². The van der Waals surface area contributed by atoms with Gasteiger partial charge in [-0.05, 0) is 37.2 Å². The molecular formula is C10H14O. The summed E-state index contributed by atoms with van der Waals surface area (Å²) in [6.45, 7) is 3.75. The maximum atomic E-state index is 9.44. The monoisotopic (exact) mass is 150 g/mol. The molecule has 0 aromatic heterocycles. The predicted octanol–water partition coefficient (Wildman–Crippen LogP) is 2.80. The van der Waals surface area contributed by atoms with Gasteiger partial charge in [0.05, 0.1) is 5.76 Å². The molecule has 2 unspecified atom stereocenters. The molecule has 1 saturated carbocycles. The molecule has 2 rings (SSSR count). The van der Waals surface area contributed by atoms with Crippen LogP contribution in [0.2, 0.25) is 0 Å². The third kappa shape index (κ3) is 0.907. The molecule has 1 nitrogen and oxygen atoms in total. The van der Waals surface area contributed by atoms with E-state index in [0.29, 0.717) is 17.1 Å². The molecule has 1 N–H and O–H groups in total. The highest BCUT2D eigenvalue weighted by Gasteiger charge is 2.43. The van der Waals surface area contributed by atoms with E-state index in [-0.39, 0.29) is 0 Å². The van der Waals surface area contributed by atoms with Crippen LogP contribution in [0.25, 0.3) is 0 Å². The van der Waals surface area contributed by atoms with Crippen molar-refractivity contribution in [3.05, 3.63) is 24.5 Å². The van der Waals surface area contributed by atoms with Crippen molar-refractivity contribution in [1.82, 2.24) is 0 Å². The lowest BCUT2D eigenvalue weighted by atomic mass is 9.84. The van der Waals surface area contributed by atoms with Gasteiger partial charge in [0, 0.05) is 5.92 Å². The van der Waals surface area contributed by atoms with Gasteiger partial charge < -0.3 is 5.11 Å². The topological polar surface area (TPSA) is 20.2 Å². The summed E-state index contributed by atoms with van der Waals surface area (Å²) in [6, 6.07) is 0. The Kier molecular flexibility index (Phi) is 1.35. The summed E-state index contributed by atoms with van der Waals surface area (Å²) in [4.78, 5) is 0. The van der Waals surface area contributed by atoms with Gasteiger partial charge in [-0.3, -0.25) is 0 Å². The Labute approximate surface area is 67.4 Å². The van der Waals surface area contributed by atoms with Crippen molar-refractivity contribution in [3.63, 3.8) is 0 Å². The number of hydrogen-bond acceptors (Lipinski definition) is 1. The minimum atomic E-state index is 0.302. The second-order valence-corrected chi connectivity index (χ2v) is 3.86. The Morgan fingerprint density at radius 1 is 1.82 bits per heavy atom. The number of hydrogen-bond donors (Lipinski definition) is 1. The average molecular weight is 150 g/mol. The Bertz CT molecular complexity index is 217. The van der Waals surface area contributed by atoms with Crippen LogP contribution in [-0.4, -0.2) is 5.11 Å². The lowest BCUT2D eigenvalue weighted by molar-refractivity contribution is 0.338. The van der Waals surface area contributed by atoms with Gasteiger partial charge in [-0.2, -0.15) is 0 Å². The van der Waals surface area contributed by atoms with Gasteiger partial charge in [0.2, 0.25) is 0 Å². The lowest BCUT2D eigenvalue weighted by Crippen LogP contribution is -2.09. The first-order chi connectivity index (χ1) is 5.26. The van der Waals surface area contributed by atoms with Crippen LogP contribution >= 0.6 is 0 Å². The summed E-state index contributed by atoms with van der Waals surface area (Å²) in [5.74, 6) is 1.12. The smallest absolute Gasteiger partial charge is 0.0919 e. The number of aliphatic hydroxyl groups excluding tert-OH is 1. The van der Waals surface area contributed by atoms with Crippen molar-refractivity contribution in [2.45, 2.75) is 25.7 Å². The Morgan fingerprint density at radius 2 is 2.64 bits per heavy atom. The molecule has 2 aliphatic carbocycles. The molecule has 0 aliphatic heterocycles. The Hall–Kier alpha value is -0.720. The van der Waals surface area contributed by atoms with E-state index in [0.717, 1.165) is 12.8 Å². The van der Waals surface area contributed by atoms with Gasteiger partial charge in [-0.1, -0.05) is 6.08 Å². The fourth-order valence-corrected chi connectivity index (χ4v) is 2.50. The largest absolute Gasteiger partial charge is 0.512 e. The van der Waals surface area contributed by atoms with Crippen LogP contribution in [0.4, 0.5) is 0 Å². The van der Waals surface area contributed by atoms with E-state index in [4.69, 9.17) is 0 Å². The predicted molar refractivity (Wildman–Crippen MR) is 45.3 cm³/mol. The minimum Gasteiger partial charge on any atom is -0.512 e. The zero-order valence-corrected chi connectivity index (χ0v) is 6.71. The Balaban J connectivity index is 2.22. The Morgan fingerprint density at radius 3 is 3.09 bits per heavy atom. The molecule has 0 aromatic carbocycles. The molecule has 11 heavy (non-hydrogen) atoms. The van der Waals surface area contributed by atoms with Crippen molar-refractivity contribution in [2.75, 3.05) is 0 Å². The number of allylic oxidation sites excluding steroid dienone is 3. The first-order valence-corrected chi connectivity index (χ1v) is 4.28. The quantitative estimate of drug-likeness (QED) is 0.600. The molecule has 0 spiro atoms. The highest BCUT2D eigenvalue weighted by atomic mass is 16.3. The molecule has 0 amide bonds. The van der Waals surface area contributed by atoms with Gasteiger partial charge in [-0.25, -0.2) is 0 Å². The first-order valence-electron chi connectivity index (χ1n) is 4.28. The van der Waals surface area contributed by atoms with Crippen molar-refractivity contribution in [3.8, 4) is 0 Å². The highest BCUT2D eigenvalue weighted by molar-refractivity contribution is 5.21. The van der Waals surface area contributed by atoms with E-state index in [2.05, 4.69) is 12.7 Å². The van der Waals surface area contributed by atoms with Gasteiger partial charge in [0.25, 0.3) is 0 Å². The van der Waals surface area contributed by atoms with Crippen LogP contribution in [-0.2, 0) is 0 Å². The SMILES string of the molecule is C=CCC12C=C(O)C(CC1)C2. The van der Waals surface area contributed by atoms with E-state index >= 15 is 0 Å². The van der Waals surface area contributed by atoms with E-state index in [9.17, 15) is 5.11 Å². The summed E-state index contributed by atoms with van der Waals surface area (Å²) in [6.07, 6.45) is 8.64. The van der Waals surface area contributed by atoms with E-state index < -0.39 is 0 Å². The standard InChI is InChI=1S/C10H14O/c1-2-4-10-5-3-8(6-10)9(11)7-10/h2,7-8,11H,1,3-6H2. The summed E-state index contributed by atoms with van der Waals surface area (Å²) < 4.78 is 0. The van der Waals surface area contributed by atoms with Crippen molar-refractivity contribution >= 4 is 0 Å². The molecule has 0 aromatic rings. The van der Waals surface area contributed by atoms with Gasteiger partial charge in [0.1, 0.15) is 0 Å². The van der Waals surface area contributed by atoms with Gasteiger partial charge >= 0.3 is 0 Å².